The Hall–Kier alpha value is -0.890. The molecule has 0 amide bonds. The maximum Gasteiger partial charge on any atom is 0.129 e. The lowest BCUT2D eigenvalue weighted by molar-refractivity contribution is 0.128. The van der Waals surface area contributed by atoms with Gasteiger partial charge in [-0.05, 0) is 30.9 Å². The molecule has 1 nitrogen and oxygen atoms in total. The molecule has 1 N–H and O–H groups in total. The van der Waals surface area contributed by atoms with Crippen molar-refractivity contribution < 1.29 is 9.50 Å². The van der Waals surface area contributed by atoms with Crippen LogP contribution in [0.15, 0.2) is 18.2 Å². The molecular weight excluding hydrogens is 215 g/mol. The van der Waals surface area contributed by atoms with Gasteiger partial charge in [-0.25, -0.2) is 4.39 Å². The third-order valence-corrected chi connectivity index (χ3v) is 3.80. The van der Waals surface area contributed by atoms with Gasteiger partial charge in [0.15, 0.2) is 0 Å². The number of rotatable bonds is 3. The fourth-order valence-electron chi connectivity index (χ4n) is 2.77. The van der Waals surface area contributed by atoms with Crippen LogP contribution in [0.5, 0.6) is 0 Å². The quantitative estimate of drug-likeness (QED) is 0.836. The third kappa shape index (κ3) is 3.29. The molecule has 1 aliphatic carbocycles. The van der Waals surface area contributed by atoms with E-state index in [0.717, 1.165) is 5.56 Å². The van der Waals surface area contributed by atoms with Gasteiger partial charge in [0.1, 0.15) is 5.82 Å². The molecule has 1 fully saturated rings. The lowest BCUT2D eigenvalue weighted by Crippen LogP contribution is -2.12. The van der Waals surface area contributed by atoms with Crippen LogP contribution in [0.4, 0.5) is 4.39 Å². The average molecular weight is 236 g/mol. The smallest absolute Gasteiger partial charge is 0.129 e. The van der Waals surface area contributed by atoms with Gasteiger partial charge >= 0.3 is 0 Å². The average Bonchev–Trinajstić information content (AvgIpc) is 2.30. The molecule has 1 atom stereocenters. The van der Waals surface area contributed by atoms with E-state index < -0.39 is 6.10 Å². The molecule has 2 heteroatoms. The molecule has 94 valence electrons. The van der Waals surface area contributed by atoms with Gasteiger partial charge in [-0.15, -0.1) is 0 Å². The minimum absolute atomic E-state index is 0.270. The highest BCUT2D eigenvalue weighted by molar-refractivity contribution is 5.25. The van der Waals surface area contributed by atoms with E-state index in [9.17, 15) is 9.50 Å². The van der Waals surface area contributed by atoms with Crippen molar-refractivity contribution in [3.63, 3.8) is 0 Å². The summed E-state index contributed by atoms with van der Waals surface area (Å²) in [6, 6.07) is 5.08. The molecule has 0 radical (unpaired) electrons. The first-order valence-corrected chi connectivity index (χ1v) is 6.61. The third-order valence-electron chi connectivity index (χ3n) is 3.80. The van der Waals surface area contributed by atoms with E-state index in [1.165, 1.54) is 38.2 Å². The number of aliphatic hydroxyl groups is 1. The Labute approximate surface area is 103 Å². The van der Waals surface area contributed by atoms with Gasteiger partial charge in [-0.2, -0.15) is 0 Å². The van der Waals surface area contributed by atoms with Crippen molar-refractivity contribution in [3.05, 3.63) is 35.1 Å². The number of aryl methyl sites for hydroxylation is 1. The Morgan fingerprint density at radius 2 is 2.00 bits per heavy atom. The summed E-state index contributed by atoms with van der Waals surface area (Å²) in [6.45, 7) is 1.86. The lowest BCUT2D eigenvalue weighted by atomic mass is 9.84. The number of halogens is 1. The summed E-state index contributed by atoms with van der Waals surface area (Å²) in [6.07, 6.45) is 6.26. The van der Waals surface area contributed by atoms with Crippen molar-refractivity contribution in [2.45, 2.75) is 51.6 Å². The summed E-state index contributed by atoms with van der Waals surface area (Å²) in [5, 5.41) is 10.1. The standard InChI is InChI=1S/C15H21FO/c1-11-7-8-13(14(16)9-11)15(17)10-12-5-3-2-4-6-12/h7-9,12,15,17H,2-6,10H2,1H3. The van der Waals surface area contributed by atoms with Crippen molar-refractivity contribution in [1.29, 1.82) is 0 Å². The molecule has 0 spiro atoms. The highest BCUT2D eigenvalue weighted by Gasteiger charge is 2.20. The predicted molar refractivity (Wildman–Crippen MR) is 67.3 cm³/mol. The minimum Gasteiger partial charge on any atom is -0.388 e. The van der Waals surface area contributed by atoms with Gasteiger partial charge in [-0.1, -0.05) is 44.2 Å². The monoisotopic (exact) mass is 236 g/mol. The molecule has 0 aliphatic heterocycles. The number of benzene rings is 1. The van der Waals surface area contributed by atoms with E-state index in [1.54, 1.807) is 6.07 Å². The molecule has 0 aromatic heterocycles. The molecule has 0 heterocycles. The number of hydrogen-bond acceptors (Lipinski definition) is 1. The van der Waals surface area contributed by atoms with Crippen molar-refractivity contribution in [2.75, 3.05) is 0 Å². The summed E-state index contributed by atoms with van der Waals surface area (Å²) in [5.41, 5.74) is 1.36. The van der Waals surface area contributed by atoms with Gasteiger partial charge in [-0.3, -0.25) is 0 Å². The van der Waals surface area contributed by atoms with Gasteiger partial charge in [0.05, 0.1) is 6.10 Å². The lowest BCUT2D eigenvalue weighted by Gasteiger charge is -2.24. The zero-order chi connectivity index (χ0) is 12.3. The van der Waals surface area contributed by atoms with E-state index in [-0.39, 0.29) is 5.82 Å². The Kier molecular flexibility index (Phi) is 4.16. The molecule has 0 saturated heterocycles. The molecule has 17 heavy (non-hydrogen) atoms. The van der Waals surface area contributed by atoms with Gasteiger partial charge in [0, 0.05) is 5.56 Å². The molecule has 1 saturated carbocycles. The van der Waals surface area contributed by atoms with Gasteiger partial charge in [0.25, 0.3) is 0 Å². The van der Waals surface area contributed by atoms with E-state index in [0.29, 0.717) is 17.9 Å². The van der Waals surface area contributed by atoms with Crippen LogP contribution in [-0.2, 0) is 0 Å². The van der Waals surface area contributed by atoms with Crippen molar-refractivity contribution >= 4 is 0 Å². The van der Waals surface area contributed by atoms with Crippen LogP contribution in [0.1, 0.15) is 55.8 Å². The Morgan fingerprint density at radius 3 is 2.65 bits per heavy atom. The first-order valence-electron chi connectivity index (χ1n) is 6.61. The van der Waals surface area contributed by atoms with Crippen LogP contribution in [0.25, 0.3) is 0 Å². The Balaban J connectivity index is 2.00. The Morgan fingerprint density at radius 1 is 1.29 bits per heavy atom. The molecule has 0 bridgehead atoms. The van der Waals surface area contributed by atoms with Crippen molar-refractivity contribution in [2.24, 2.45) is 5.92 Å². The normalized spacial score (nSPS) is 19.2. The summed E-state index contributed by atoms with van der Waals surface area (Å²) < 4.78 is 13.7. The molecule has 1 unspecified atom stereocenters. The molecule has 1 aromatic rings. The van der Waals surface area contributed by atoms with Crippen LogP contribution in [-0.4, -0.2) is 5.11 Å². The zero-order valence-electron chi connectivity index (χ0n) is 10.5. The van der Waals surface area contributed by atoms with Gasteiger partial charge < -0.3 is 5.11 Å². The maximum atomic E-state index is 13.7. The first-order chi connectivity index (χ1) is 8.16. The van der Waals surface area contributed by atoms with E-state index in [1.807, 2.05) is 13.0 Å². The maximum absolute atomic E-state index is 13.7. The largest absolute Gasteiger partial charge is 0.388 e. The molecule has 1 aromatic carbocycles. The zero-order valence-corrected chi connectivity index (χ0v) is 10.5. The predicted octanol–water partition coefficient (Wildman–Crippen LogP) is 4.14. The van der Waals surface area contributed by atoms with E-state index >= 15 is 0 Å². The van der Waals surface area contributed by atoms with Gasteiger partial charge in [0.2, 0.25) is 0 Å². The molecule has 2 rings (SSSR count). The summed E-state index contributed by atoms with van der Waals surface area (Å²) in [4.78, 5) is 0. The molecular formula is C15H21FO. The Bertz CT molecular complexity index is 369. The van der Waals surface area contributed by atoms with Crippen LogP contribution in [0.3, 0.4) is 0 Å². The van der Waals surface area contributed by atoms with Crippen LogP contribution >= 0.6 is 0 Å². The van der Waals surface area contributed by atoms with Crippen LogP contribution in [0, 0.1) is 18.7 Å². The van der Waals surface area contributed by atoms with E-state index in [4.69, 9.17) is 0 Å². The minimum atomic E-state index is -0.640. The second kappa shape index (κ2) is 5.63. The van der Waals surface area contributed by atoms with Crippen LogP contribution in [0.2, 0.25) is 0 Å². The molecule has 1 aliphatic rings. The SMILES string of the molecule is Cc1ccc(C(O)CC2CCCCC2)c(F)c1. The van der Waals surface area contributed by atoms with E-state index in [2.05, 4.69) is 0 Å². The first kappa shape index (κ1) is 12.6. The fourth-order valence-corrected chi connectivity index (χ4v) is 2.77. The highest BCUT2D eigenvalue weighted by atomic mass is 19.1. The van der Waals surface area contributed by atoms with Crippen molar-refractivity contribution in [3.8, 4) is 0 Å². The fraction of sp³-hybridized carbons (Fsp3) is 0.600. The number of hydrogen-bond donors (Lipinski definition) is 1. The van der Waals surface area contributed by atoms with Crippen molar-refractivity contribution in [1.82, 2.24) is 0 Å². The second-order valence-corrected chi connectivity index (χ2v) is 5.28. The highest BCUT2D eigenvalue weighted by Crippen LogP contribution is 2.32. The summed E-state index contributed by atoms with van der Waals surface area (Å²) in [5.74, 6) is 0.299. The second-order valence-electron chi connectivity index (χ2n) is 5.28. The summed E-state index contributed by atoms with van der Waals surface area (Å²) in [7, 11) is 0. The van der Waals surface area contributed by atoms with Crippen LogP contribution < -0.4 is 0 Å². The summed E-state index contributed by atoms with van der Waals surface area (Å²) >= 11 is 0. The number of aliphatic hydroxyl groups excluding tert-OH is 1. The topological polar surface area (TPSA) is 20.2 Å².